The van der Waals surface area contributed by atoms with Crippen LogP contribution in [-0.4, -0.2) is 146 Å². The van der Waals surface area contributed by atoms with Crippen LogP contribution in [0.15, 0.2) is 34.6 Å². The van der Waals surface area contributed by atoms with Gasteiger partial charge in [0.1, 0.15) is 35.6 Å². The van der Waals surface area contributed by atoms with E-state index in [0.29, 0.717) is 0 Å². The van der Waals surface area contributed by atoms with Crippen molar-refractivity contribution in [3.05, 3.63) is 34.6 Å². The van der Waals surface area contributed by atoms with Crippen LogP contribution in [0, 0.1) is 0 Å². The molecule has 0 aliphatic carbocycles. The molecule has 0 saturated heterocycles. The van der Waals surface area contributed by atoms with E-state index in [1.807, 2.05) is 0 Å². The number of carbonyl (C=O) groups excluding carboxylic acids is 3. The van der Waals surface area contributed by atoms with Crippen LogP contribution in [0.5, 0.6) is 0 Å². The van der Waals surface area contributed by atoms with Gasteiger partial charge in [-0.05, 0) is 0 Å². The molecule has 0 radical (unpaired) electrons. The number of esters is 3. The first-order chi connectivity index (χ1) is 16.7. The molecule has 0 aromatic rings. The molecule has 204 valence electrons. The van der Waals surface area contributed by atoms with Gasteiger partial charge in [-0.25, -0.2) is 14.4 Å². The molecule has 3 heterocycles. The quantitative estimate of drug-likeness (QED) is 0.0961. The van der Waals surface area contributed by atoms with Crippen LogP contribution >= 0.6 is 0 Å². The molecular weight excluding hydrogens is 619 g/mol. The zero-order valence-electron chi connectivity index (χ0n) is 18.4. The van der Waals surface area contributed by atoms with E-state index >= 15 is 0 Å². The molecule has 6 atom stereocenters. The summed E-state index contributed by atoms with van der Waals surface area (Å²) in [4.78, 5) is 31.4. The standard InChI is InChI=1S/3C6H8O6.In/c3*7-1-2(8)5-3(9)4(10)6(11)12-5;/h3*2,5,7-10H,1H2;/q;;;+3/p-3/t3*2-,5+;/m000./s1. The summed E-state index contributed by atoms with van der Waals surface area (Å²) >= 11 is 0. The third kappa shape index (κ3) is 8.02. The van der Waals surface area contributed by atoms with Gasteiger partial charge < -0.3 is 75.5 Å². The van der Waals surface area contributed by atoms with Crippen molar-refractivity contribution in [2.75, 3.05) is 19.8 Å². The molecule has 18 nitrogen and oxygen atoms in total. The van der Waals surface area contributed by atoms with Gasteiger partial charge in [-0.2, -0.15) is 0 Å². The van der Waals surface area contributed by atoms with Crippen molar-refractivity contribution < 1.29 is 89.9 Å². The molecule has 0 amide bonds. The second-order valence-corrected chi connectivity index (χ2v) is 6.87. The number of aliphatic hydroxyl groups excluding tert-OH is 9. The van der Waals surface area contributed by atoms with Gasteiger partial charge in [0.25, 0.3) is 0 Å². The van der Waals surface area contributed by atoms with Crippen LogP contribution in [0.1, 0.15) is 0 Å². The van der Waals surface area contributed by atoms with Gasteiger partial charge in [0.15, 0.2) is 18.3 Å². The SMILES string of the molecule is O=C1O[C@H]([C@@H](O)CO)C(O)=C1[O-].O=C1O[C@H]([C@@H](O)CO)C(O)=C1[O-].O=C1O[C@H]([C@@H](O)CO)C(O)=C1[O-].[In+3]. The molecule has 3 aliphatic rings. The van der Waals surface area contributed by atoms with Crippen molar-refractivity contribution in [2.45, 2.75) is 36.6 Å². The largest absolute Gasteiger partial charge is 3.00 e. The summed E-state index contributed by atoms with van der Waals surface area (Å²) < 4.78 is 12.8. The topological polar surface area (TPSA) is 330 Å². The Bertz CT molecular complexity index is 822. The maximum absolute atomic E-state index is 10.6. The second-order valence-electron chi connectivity index (χ2n) is 6.87. The van der Waals surface area contributed by atoms with Gasteiger partial charge in [-0.1, -0.05) is 0 Å². The summed E-state index contributed by atoms with van der Waals surface area (Å²) in [6.07, 6.45) is -8.64. The minimum atomic E-state index is -1.46. The Balaban J connectivity index is 0.000000518. The van der Waals surface area contributed by atoms with Crippen molar-refractivity contribution >= 4 is 43.8 Å². The maximum Gasteiger partial charge on any atom is 3.00 e. The van der Waals surface area contributed by atoms with E-state index < -0.39 is 109 Å². The predicted octanol–water partition coefficient (Wildman–Crippen LogP) is -8.20. The monoisotopic (exact) mass is 640 g/mol. The molecule has 0 aromatic carbocycles. The van der Waals surface area contributed by atoms with E-state index in [4.69, 9.17) is 46.0 Å². The number of carbonyl (C=O) groups is 3. The Morgan fingerprint density at radius 2 is 0.757 bits per heavy atom. The minimum Gasteiger partial charge on any atom is -0.865 e. The third-order valence-electron chi connectivity index (χ3n) is 4.37. The van der Waals surface area contributed by atoms with Gasteiger partial charge >= 0.3 is 43.8 Å². The number of cyclic esters (lactones) is 3. The first-order valence-corrected chi connectivity index (χ1v) is 9.53. The molecule has 0 fully saturated rings. The van der Waals surface area contributed by atoms with Gasteiger partial charge in [0.2, 0.25) is 0 Å². The Hall–Kier alpha value is -2.94. The third-order valence-corrected chi connectivity index (χ3v) is 4.37. The van der Waals surface area contributed by atoms with E-state index in [9.17, 15) is 29.7 Å². The van der Waals surface area contributed by atoms with Gasteiger partial charge in [-0.15, -0.1) is 0 Å². The number of aliphatic hydroxyl groups is 9. The van der Waals surface area contributed by atoms with Crippen molar-refractivity contribution in [1.29, 1.82) is 0 Å². The number of hydrogen-bond donors (Lipinski definition) is 9. The molecule has 3 rings (SSSR count). The Morgan fingerprint density at radius 1 is 0.568 bits per heavy atom. The summed E-state index contributed by atoms with van der Waals surface area (Å²) in [5.74, 6) is -9.75. The van der Waals surface area contributed by atoms with E-state index in [1.165, 1.54) is 0 Å². The smallest absolute Gasteiger partial charge is 0.865 e. The first kappa shape index (κ1) is 34.1. The molecule has 0 spiro atoms. The normalized spacial score (nSPS) is 25.1. The molecule has 0 bridgehead atoms. The zero-order chi connectivity index (χ0) is 27.9. The summed E-state index contributed by atoms with van der Waals surface area (Å²) in [7, 11) is 0. The van der Waals surface area contributed by atoms with Crippen LogP contribution in [0.4, 0.5) is 0 Å². The molecule has 0 unspecified atom stereocenters. The summed E-state index contributed by atoms with van der Waals surface area (Å²) in [6.45, 7) is -2.10. The van der Waals surface area contributed by atoms with Crippen LogP contribution in [0.3, 0.4) is 0 Å². The zero-order valence-corrected chi connectivity index (χ0v) is 21.7. The maximum atomic E-state index is 10.6. The molecule has 19 heteroatoms. The van der Waals surface area contributed by atoms with Crippen LogP contribution in [0.25, 0.3) is 0 Å². The average molecular weight is 640 g/mol. The van der Waals surface area contributed by atoms with Crippen molar-refractivity contribution in [3.8, 4) is 0 Å². The first-order valence-electron chi connectivity index (χ1n) is 9.53. The average Bonchev–Trinajstić information content (AvgIpc) is 3.40. The predicted molar refractivity (Wildman–Crippen MR) is 104 cm³/mol. The fraction of sp³-hybridized carbons (Fsp3) is 0.500. The van der Waals surface area contributed by atoms with E-state index in [-0.39, 0.29) is 25.8 Å². The number of rotatable bonds is 6. The second kappa shape index (κ2) is 14.7. The van der Waals surface area contributed by atoms with E-state index in [0.717, 1.165) is 0 Å². The molecular formula is C18H21InO18. The van der Waals surface area contributed by atoms with Gasteiger partial charge in [0.05, 0.1) is 19.8 Å². The van der Waals surface area contributed by atoms with E-state index in [2.05, 4.69) is 14.2 Å². The summed E-state index contributed by atoms with van der Waals surface area (Å²) in [6, 6.07) is 0. The number of ether oxygens (including phenoxy) is 3. The fourth-order valence-electron chi connectivity index (χ4n) is 2.44. The molecule has 3 aliphatic heterocycles. The summed E-state index contributed by atoms with van der Waals surface area (Å²) in [5, 5.41) is 110. The van der Waals surface area contributed by atoms with E-state index in [1.54, 1.807) is 0 Å². The van der Waals surface area contributed by atoms with Gasteiger partial charge in [0, 0.05) is 17.3 Å². The Morgan fingerprint density at radius 3 is 0.865 bits per heavy atom. The molecule has 0 saturated carbocycles. The minimum absolute atomic E-state index is 0. The van der Waals surface area contributed by atoms with Crippen molar-refractivity contribution in [3.63, 3.8) is 0 Å². The van der Waals surface area contributed by atoms with Crippen molar-refractivity contribution in [2.24, 2.45) is 0 Å². The van der Waals surface area contributed by atoms with Crippen LogP contribution in [-0.2, 0) is 28.6 Å². The van der Waals surface area contributed by atoms with Gasteiger partial charge in [-0.3, -0.25) is 0 Å². The van der Waals surface area contributed by atoms with Crippen molar-refractivity contribution in [1.82, 2.24) is 0 Å². The Labute approximate surface area is 224 Å². The molecule has 0 aromatic heterocycles. The molecule has 37 heavy (non-hydrogen) atoms. The van der Waals surface area contributed by atoms with Crippen LogP contribution < -0.4 is 15.3 Å². The molecule has 9 N–H and O–H groups in total. The van der Waals surface area contributed by atoms with Crippen LogP contribution in [0.2, 0.25) is 0 Å². The Kier molecular flexibility index (Phi) is 13.5. The fourth-order valence-corrected chi connectivity index (χ4v) is 2.44. The number of hydrogen-bond acceptors (Lipinski definition) is 18. The summed E-state index contributed by atoms with van der Waals surface area (Å²) in [5.41, 5.74) is 0.